The molecule has 14 heteroatoms. The number of allylic oxidation sites excluding steroid dienone is 1. The minimum Gasteiger partial charge on any atom is -0.374 e. The van der Waals surface area contributed by atoms with Crippen LogP contribution < -0.4 is 0 Å². The van der Waals surface area contributed by atoms with Crippen LogP contribution in [0.1, 0.15) is 13.8 Å². The quantitative estimate of drug-likeness (QED) is 0.257. The Balaban J connectivity index is 3.20. The van der Waals surface area contributed by atoms with Crippen molar-refractivity contribution in [1.82, 2.24) is 4.90 Å². The number of hydrogen-bond acceptors (Lipinski definition) is 9. The summed E-state index contributed by atoms with van der Waals surface area (Å²) in [5, 5.41) is 7.49. The number of carbonyl (C=O) groups excluding carboxylic acids is 1. The van der Waals surface area contributed by atoms with Crippen molar-refractivity contribution in [3.63, 3.8) is 0 Å². The van der Waals surface area contributed by atoms with Gasteiger partial charge in [-0.25, -0.2) is 4.57 Å². The van der Waals surface area contributed by atoms with Crippen molar-refractivity contribution < 1.29 is 37.0 Å². The molecule has 6 atom stereocenters. The Labute approximate surface area is 169 Å². The van der Waals surface area contributed by atoms with E-state index in [2.05, 4.69) is 24.5 Å². The molecule has 2 unspecified atom stereocenters. The Morgan fingerprint density at radius 1 is 1.37 bits per heavy atom. The smallest absolute Gasteiger partial charge is 0.374 e. The molecule has 1 fully saturated rings. The summed E-state index contributed by atoms with van der Waals surface area (Å²) in [4.78, 5) is 13.3. The second-order valence-corrected chi connectivity index (χ2v) is 10.4. The lowest BCUT2D eigenvalue weighted by molar-refractivity contribution is -0.144. The monoisotopic (exact) mass is 462 g/mol. The van der Waals surface area contributed by atoms with Gasteiger partial charge in [-0.15, -0.1) is 0 Å². The molecule has 1 heterocycles. The van der Waals surface area contributed by atoms with Crippen molar-refractivity contribution in [2.75, 3.05) is 20.8 Å². The van der Waals surface area contributed by atoms with E-state index in [4.69, 9.17) is 28.5 Å². The maximum absolute atomic E-state index is 12.2. The van der Waals surface area contributed by atoms with Gasteiger partial charge in [0.25, 0.3) is 0 Å². The van der Waals surface area contributed by atoms with E-state index >= 15 is 0 Å². The Kier molecular flexibility index (Phi) is 10.3. The van der Waals surface area contributed by atoms with Crippen LogP contribution in [0.15, 0.2) is 12.3 Å². The molecule has 1 amide bonds. The molecule has 0 bridgehead atoms. The second kappa shape index (κ2) is 11.1. The Morgan fingerprint density at radius 3 is 2.44 bits per heavy atom. The van der Waals surface area contributed by atoms with Crippen molar-refractivity contribution >= 4 is 50.1 Å². The van der Waals surface area contributed by atoms with Gasteiger partial charge >= 0.3 is 6.80 Å². The van der Waals surface area contributed by atoms with Gasteiger partial charge in [-0.1, -0.05) is 24.5 Å². The molecule has 0 aromatic rings. The van der Waals surface area contributed by atoms with Gasteiger partial charge < -0.3 is 23.9 Å². The lowest BCUT2D eigenvalue weighted by Crippen LogP contribution is -2.45. The third-order valence-electron chi connectivity index (χ3n) is 3.54. The number of nitrogens with one attached hydrogen (secondary N) is 1. The summed E-state index contributed by atoms with van der Waals surface area (Å²) in [5.74, 6) is -0.386. The number of thiol groups is 2. The van der Waals surface area contributed by atoms with Gasteiger partial charge in [-0.2, -0.15) is 0 Å². The van der Waals surface area contributed by atoms with E-state index in [1.54, 1.807) is 6.92 Å². The third kappa shape index (κ3) is 7.64. The molecule has 1 N–H and O–H groups in total. The Morgan fingerprint density at radius 2 is 2.00 bits per heavy atom. The predicted octanol–water partition coefficient (Wildman–Crippen LogP) is 2.53. The number of amides is 1. The van der Waals surface area contributed by atoms with E-state index in [9.17, 15) is 13.9 Å². The van der Waals surface area contributed by atoms with E-state index in [-0.39, 0.29) is 18.2 Å². The van der Waals surface area contributed by atoms with Crippen LogP contribution in [0.3, 0.4) is 0 Å². The van der Waals surface area contributed by atoms with E-state index in [0.29, 0.717) is 0 Å². The largest absolute Gasteiger partial charge is 0.386 e. The molecule has 0 saturated carbocycles. The molecule has 1 aliphatic heterocycles. The maximum Gasteiger partial charge on any atom is 0.386 e. The van der Waals surface area contributed by atoms with Crippen LogP contribution in [0, 0.1) is 5.41 Å². The number of methoxy groups -OCH3 is 1. The van der Waals surface area contributed by atoms with Crippen LogP contribution >= 0.6 is 38.5 Å². The summed E-state index contributed by atoms with van der Waals surface area (Å²) in [7, 11) is -0.0374. The summed E-state index contributed by atoms with van der Waals surface area (Å²) < 4.78 is 49.8. The number of nitrogens with zero attached hydrogens (tertiary/aromatic N) is 1. The van der Waals surface area contributed by atoms with E-state index < -0.39 is 38.6 Å². The van der Waals surface area contributed by atoms with Gasteiger partial charge in [0.2, 0.25) is 13.1 Å². The number of rotatable bonds is 10. The highest BCUT2D eigenvalue weighted by Crippen LogP contribution is 2.55. The molecule has 1 aliphatic rings. The number of carbonyl (C=O) groups is 1. The lowest BCUT2D eigenvalue weighted by Gasteiger charge is -2.29. The number of ether oxygens (including phenoxy) is 2. The maximum atomic E-state index is 12.2. The average molecular weight is 462 g/mol. The zero-order chi connectivity index (χ0) is 20.8. The van der Waals surface area contributed by atoms with Crippen LogP contribution in [0.4, 0.5) is 0 Å². The molecule has 0 radical (unpaired) electrons. The first-order chi connectivity index (χ1) is 12.5. The van der Waals surface area contributed by atoms with Crippen LogP contribution in [0.5, 0.6) is 0 Å². The van der Waals surface area contributed by atoms with Crippen molar-refractivity contribution in [2.45, 2.75) is 38.4 Å². The first kappa shape index (κ1) is 24.9. The minimum absolute atomic E-state index is 0.209. The molecule has 10 nitrogen and oxygen atoms in total. The summed E-state index contributed by atoms with van der Waals surface area (Å²) in [6.45, 7) is -1.09. The van der Waals surface area contributed by atoms with Crippen LogP contribution in [0.25, 0.3) is 0 Å². The van der Waals surface area contributed by atoms with Crippen molar-refractivity contribution in [3.05, 3.63) is 12.3 Å². The van der Waals surface area contributed by atoms with Gasteiger partial charge in [-0.3, -0.25) is 18.8 Å². The Bertz CT molecular complexity index is 650. The predicted molar refractivity (Wildman–Crippen MR) is 107 cm³/mol. The van der Waals surface area contributed by atoms with Crippen LogP contribution in [-0.2, 0) is 37.0 Å². The standard InChI is InChI=1S/C13H24N2O8P2S2/c1-8(14)5-6-15(9(2)16)13-12(19-3)11(23-25(18,27)20-4)10(22-13)7-21-24(17)26/h5-6,10-14,24H,7H2,1-4H3,(H,17,26)(H,18,27)/b6-5-,14-8?/t10-,11+,12+,13-,25?/m1/s1. The first-order valence-corrected chi connectivity index (χ1v) is 13.0. The highest BCUT2D eigenvalue weighted by molar-refractivity contribution is 8.44. The fourth-order valence-corrected chi connectivity index (χ4v) is 3.86. The normalized spacial score (nSPS) is 28.8. The van der Waals surface area contributed by atoms with E-state index in [1.165, 1.54) is 38.3 Å². The topological polar surface area (TPSA) is 124 Å². The van der Waals surface area contributed by atoms with Gasteiger partial charge in [0, 0.05) is 33.1 Å². The second-order valence-electron chi connectivity index (χ2n) is 5.49. The van der Waals surface area contributed by atoms with E-state index in [1.807, 2.05) is 0 Å². The molecule has 156 valence electrons. The fraction of sp³-hybridized carbons (Fsp3) is 0.692. The Hall–Kier alpha value is -0.160. The van der Waals surface area contributed by atoms with Gasteiger partial charge in [0.1, 0.15) is 18.3 Å². The molecule has 0 aromatic heterocycles. The molecule has 1 rings (SSSR count). The van der Waals surface area contributed by atoms with E-state index in [0.717, 1.165) is 0 Å². The first-order valence-electron chi connectivity index (χ1n) is 7.65. The lowest BCUT2D eigenvalue weighted by atomic mass is 10.1. The SMILES string of the molecule is CO[C@H]1[C@@H](OP(=O)(S)OC)[C@@H](CO[PH](=O)S)O[C@H]1N(/C=C\C(C)=N)C(C)=O. The molecular formula is C13H24N2O8P2S2. The number of hydrogen-bond donors (Lipinski definition) is 3. The zero-order valence-corrected chi connectivity index (χ0v) is 18.9. The fourth-order valence-electron chi connectivity index (χ4n) is 2.36. The molecule has 1 saturated heterocycles. The average Bonchev–Trinajstić information content (AvgIpc) is 2.89. The molecular weight excluding hydrogens is 438 g/mol. The summed E-state index contributed by atoms with van der Waals surface area (Å²) in [6.07, 6.45) is -0.991. The minimum atomic E-state index is -3.74. The van der Waals surface area contributed by atoms with Crippen molar-refractivity contribution in [1.29, 1.82) is 5.41 Å². The molecule has 0 spiro atoms. The van der Waals surface area contributed by atoms with Gasteiger partial charge in [0.15, 0.2) is 6.23 Å². The summed E-state index contributed by atoms with van der Waals surface area (Å²) in [5.41, 5.74) is 0.216. The molecule has 0 aromatic carbocycles. The summed E-state index contributed by atoms with van der Waals surface area (Å²) >= 11 is 7.55. The van der Waals surface area contributed by atoms with Crippen molar-refractivity contribution in [2.24, 2.45) is 0 Å². The molecule has 0 aliphatic carbocycles. The highest BCUT2D eigenvalue weighted by Gasteiger charge is 2.51. The molecule has 27 heavy (non-hydrogen) atoms. The highest BCUT2D eigenvalue weighted by atomic mass is 32.7. The zero-order valence-electron chi connectivity index (χ0n) is 15.2. The van der Waals surface area contributed by atoms with Crippen LogP contribution in [-0.4, -0.2) is 61.9 Å². The van der Waals surface area contributed by atoms with Crippen molar-refractivity contribution in [3.8, 4) is 0 Å². The van der Waals surface area contributed by atoms with Gasteiger partial charge in [-0.05, 0) is 13.0 Å². The van der Waals surface area contributed by atoms with Crippen LogP contribution in [0.2, 0.25) is 0 Å². The summed E-state index contributed by atoms with van der Waals surface area (Å²) in [6, 6.07) is 0. The van der Waals surface area contributed by atoms with Gasteiger partial charge in [0.05, 0.1) is 6.61 Å². The third-order valence-corrected chi connectivity index (χ3v) is 6.08.